The largest absolute Gasteiger partial charge is 0.339 e. The molecular weight excluding hydrogens is 444 g/mol. The minimum atomic E-state index is -0.690. The Balaban J connectivity index is 1.64. The third-order valence-electron chi connectivity index (χ3n) is 5.17. The third-order valence-corrected chi connectivity index (χ3v) is 5.95. The molecule has 1 aliphatic heterocycles. The van der Waals surface area contributed by atoms with E-state index in [1.165, 1.54) is 24.5 Å². The van der Waals surface area contributed by atoms with Gasteiger partial charge in [-0.05, 0) is 24.6 Å². The molecule has 1 N–H and O–H groups in total. The zero-order valence-corrected chi connectivity index (χ0v) is 18.0. The van der Waals surface area contributed by atoms with Crippen LogP contribution in [-0.2, 0) is 4.79 Å². The van der Waals surface area contributed by atoms with Gasteiger partial charge in [-0.3, -0.25) is 4.79 Å². The number of likely N-dealkylation sites (N-methyl/N-ethyl adjacent to an activating group) is 1. The van der Waals surface area contributed by atoms with Gasteiger partial charge < -0.3 is 15.1 Å². The first kappa shape index (κ1) is 21.2. The molecule has 1 aromatic carbocycles. The number of rotatable bonds is 5. The van der Waals surface area contributed by atoms with E-state index in [0.717, 1.165) is 6.42 Å². The summed E-state index contributed by atoms with van der Waals surface area (Å²) >= 11 is 11.8. The fourth-order valence-corrected chi connectivity index (χ4v) is 3.72. The van der Waals surface area contributed by atoms with Crippen LogP contribution in [0.15, 0.2) is 37.3 Å². The molecule has 1 amide bonds. The average Bonchev–Trinajstić information content (AvgIpc) is 3.28. The highest BCUT2D eigenvalue weighted by Gasteiger charge is 2.29. The summed E-state index contributed by atoms with van der Waals surface area (Å²) in [5.74, 6) is -0.0452. The van der Waals surface area contributed by atoms with E-state index in [1.54, 1.807) is 11.1 Å². The lowest BCUT2D eigenvalue weighted by atomic mass is 10.2. The number of aromatic nitrogens is 4. The number of nitrogens with one attached hydrogen (secondary N) is 1. The maximum absolute atomic E-state index is 14.5. The van der Waals surface area contributed by atoms with Crippen molar-refractivity contribution in [2.75, 3.05) is 30.4 Å². The second-order valence-corrected chi connectivity index (χ2v) is 7.80. The molecule has 0 aliphatic carbocycles. The Morgan fingerprint density at radius 3 is 2.94 bits per heavy atom. The van der Waals surface area contributed by atoms with Crippen LogP contribution in [0.3, 0.4) is 0 Å². The monoisotopic (exact) mass is 461 g/mol. The number of anilines is 3. The number of carbonyl (C=O) groups excluding carboxylic acids is 1. The molecule has 0 bridgehead atoms. The lowest BCUT2D eigenvalue weighted by molar-refractivity contribution is -0.125. The number of nitrogens with zero attached hydrogens (tertiary/aromatic N) is 6. The molecule has 0 saturated carbocycles. The molecule has 11 heteroatoms. The van der Waals surface area contributed by atoms with Crippen molar-refractivity contribution in [1.82, 2.24) is 24.8 Å². The highest BCUT2D eigenvalue weighted by molar-refractivity contribution is 6.42. The average molecular weight is 462 g/mol. The van der Waals surface area contributed by atoms with Gasteiger partial charge in [-0.25, -0.2) is 24.3 Å². The fraction of sp³-hybridized carbons (Fsp3) is 0.250. The normalized spacial score (nSPS) is 15.9. The van der Waals surface area contributed by atoms with Crippen LogP contribution >= 0.6 is 23.2 Å². The lowest BCUT2D eigenvalue weighted by Gasteiger charge is -2.24. The van der Waals surface area contributed by atoms with Gasteiger partial charge in [0.05, 0.1) is 28.0 Å². The van der Waals surface area contributed by atoms with Crippen molar-refractivity contribution in [3.8, 4) is 0 Å². The molecule has 31 heavy (non-hydrogen) atoms. The summed E-state index contributed by atoms with van der Waals surface area (Å²) in [7, 11) is 1.86. The summed E-state index contributed by atoms with van der Waals surface area (Å²) in [6.07, 6.45) is 5.01. The summed E-state index contributed by atoms with van der Waals surface area (Å²) < 4.78 is 14.5. The van der Waals surface area contributed by atoms with Crippen LogP contribution in [0.1, 0.15) is 6.42 Å². The summed E-state index contributed by atoms with van der Waals surface area (Å²) in [6, 6.07) is 3.01. The van der Waals surface area contributed by atoms with Gasteiger partial charge in [0.25, 0.3) is 0 Å². The maximum atomic E-state index is 14.5. The molecule has 3 aromatic rings. The van der Waals surface area contributed by atoms with Gasteiger partial charge in [0.15, 0.2) is 11.6 Å². The van der Waals surface area contributed by atoms with Crippen molar-refractivity contribution in [3.05, 3.63) is 53.2 Å². The molecular formula is C20H18Cl2FN7O. The standard InChI is InChI=1S/C20H18Cl2FN7O/c1-3-15(31)30-7-6-11(9-30)29(2)20-24-8-14-18(28-20)19(26-10-25-14)27-13-5-4-12(21)16(22)17(13)23/h3-5,8,10-11H,1,6-7,9H2,2H3,(H,25,26,27)/t11-/m0/s1. The van der Waals surface area contributed by atoms with Crippen LogP contribution in [0.4, 0.5) is 21.8 Å². The van der Waals surface area contributed by atoms with Gasteiger partial charge in [0.2, 0.25) is 11.9 Å². The number of carbonyl (C=O) groups is 1. The van der Waals surface area contributed by atoms with Gasteiger partial charge in [0.1, 0.15) is 17.4 Å². The Labute approximate surface area is 187 Å². The van der Waals surface area contributed by atoms with Crippen molar-refractivity contribution in [3.63, 3.8) is 0 Å². The minimum absolute atomic E-state index is 0.0508. The van der Waals surface area contributed by atoms with Crippen LogP contribution in [-0.4, -0.2) is 56.9 Å². The molecule has 1 fully saturated rings. The number of hydrogen-bond donors (Lipinski definition) is 1. The number of amides is 1. The van der Waals surface area contributed by atoms with Crippen LogP contribution in [0, 0.1) is 5.82 Å². The van der Waals surface area contributed by atoms with E-state index >= 15 is 0 Å². The summed E-state index contributed by atoms with van der Waals surface area (Å²) in [4.78, 5) is 32.9. The van der Waals surface area contributed by atoms with E-state index in [9.17, 15) is 9.18 Å². The number of halogens is 3. The molecule has 8 nitrogen and oxygen atoms in total. The van der Waals surface area contributed by atoms with E-state index in [1.807, 2.05) is 11.9 Å². The first-order chi connectivity index (χ1) is 14.9. The fourth-order valence-electron chi connectivity index (χ4n) is 3.41. The Bertz CT molecular complexity index is 1180. The van der Waals surface area contributed by atoms with Crippen molar-refractivity contribution in [2.24, 2.45) is 0 Å². The molecule has 3 heterocycles. The highest BCUT2D eigenvalue weighted by atomic mass is 35.5. The second-order valence-electron chi connectivity index (χ2n) is 7.02. The zero-order valence-electron chi connectivity index (χ0n) is 16.5. The molecule has 160 valence electrons. The molecule has 1 atom stereocenters. The van der Waals surface area contributed by atoms with Crippen molar-refractivity contribution in [1.29, 1.82) is 0 Å². The summed E-state index contributed by atoms with van der Waals surface area (Å²) in [6.45, 7) is 4.72. The van der Waals surface area contributed by atoms with E-state index in [0.29, 0.717) is 35.9 Å². The molecule has 1 aliphatic rings. The van der Waals surface area contributed by atoms with Crippen LogP contribution in [0.25, 0.3) is 11.0 Å². The van der Waals surface area contributed by atoms with Crippen molar-refractivity contribution >= 4 is 57.6 Å². The molecule has 1 saturated heterocycles. The summed E-state index contributed by atoms with van der Waals surface area (Å²) in [5.41, 5.74) is 1.02. The molecule has 0 spiro atoms. The Kier molecular flexibility index (Phi) is 5.88. The van der Waals surface area contributed by atoms with E-state index in [-0.39, 0.29) is 27.7 Å². The summed E-state index contributed by atoms with van der Waals surface area (Å²) in [5, 5.41) is 2.84. The zero-order chi connectivity index (χ0) is 22.1. The second kappa shape index (κ2) is 8.60. The van der Waals surface area contributed by atoms with Gasteiger partial charge in [0, 0.05) is 20.1 Å². The first-order valence-corrected chi connectivity index (χ1v) is 10.2. The molecule has 4 rings (SSSR count). The lowest BCUT2D eigenvalue weighted by Crippen LogP contribution is -2.37. The minimum Gasteiger partial charge on any atom is -0.339 e. The Hall–Kier alpha value is -3.04. The van der Waals surface area contributed by atoms with Gasteiger partial charge in [-0.2, -0.15) is 0 Å². The predicted octanol–water partition coefficient (Wildman–Crippen LogP) is 3.83. The van der Waals surface area contributed by atoms with Gasteiger partial charge in [-0.1, -0.05) is 29.8 Å². The molecule has 0 radical (unpaired) electrons. The van der Waals surface area contributed by atoms with Gasteiger partial charge >= 0.3 is 0 Å². The number of fused-ring (bicyclic) bond motifs is 1. The van der Waals surface area contributed by atoms with Gasteiger partial charge in [-0.15, -0.1) is 0 Å². The topological polar surface area (TPSA) is 87.1 Å². The van der Waals surface area contributed by atoms with Crippen LogP contribution in [0.2, 0.25) is 10.0 Å². The van der Waals surface area contributed by atoms with E-state index in [4.69, 9.17) is 23.2 Å². The van der Waals surface area contributed by atoms with E-state index in [2.05, 4.69) is 31.8 Å². The maximum Gasteiger partial charge on any atom is 0.246 e. The molecule has 2 aromatic heterocycles. The first-order valence-electron chi connectivity index (χ1n) is 9.41. The predicted molar refractivity (Wildman–Crippen MR) is 118 cm³/mol. The number of likely N-dealkylation sites (tertiary alicyclic amines) is 1. The molecule has 0 unspecified atom stereocenters. The number of benzene rings is 1. The van der Waals surface area contributed by atoms with Crippen LogP contribution in [0.5, 0.6) is 0 Å². The van der Waals surface area contributed by atoms with E-state index < -0.39 is 5.82 Å². The quantitative estimate of drug-likeness (QED) is 0.456. The Morgan fingerprint density at radius 2 is 2.16 bits per heavy atom. The van der Waals surface area contributed by atoms with Crippen LogP contribution < -0.4 is 10.2 Å². The van der Waals surface area contributed by atoms with Crippen molar-refractivity contribution in [2.45, 2.75) is 12.5 Å². The third kappa shape index (κ3) is 4.11. The SMILES string of the molecule is C=CC(=O)N1CC[C@H](N(C)c2ncc3ncnc(Nc4ccc(Cl)c(Cl)c4F)c3n2)C1. The highest BCUT2D eigenvalue weighted by Crippen LogP contribution is 2.32. The van der Waals surface area contributed by atoms with Crippen molar-refractivity contribution < 1.29 is 9.18 Å². The smallest absolute Gasteiger partial charge is 0.246 e. The Morgan fingerprint density at radius 1 is 1.35 bits per heavy atom. The number of hydrogen-bond acceptors (Lipinski definition) is 7.